The van der Waals surface area contributed by atoms with Gasteiger partial charge in [0.05, 0.1) is 12.2 Å². The number of nitrogens with zero attached hydrogens (tertiary/aromatic N) is 5. The van der Waals surface area contributed by atoms with Gasteiger partial charge in [0.25, 0.3) is 0 Å². The summed E-state index contributed by atoms with van der Waals surface area (Å²) in [4.78, 5) is 26.7. The van der Waals surface area contributed by atoms with Gasteiger partial charge >= 0.3 is 0 Å². The first-order valence-corrected chi connectivity index (χ1v) is 11.9. The van der Waals surface area contributed by atoms with Gasteiger partial charge in [0.1, 0.15) is 0 Å². The summed E-state index contributed by atoms with van der Waals surface area (Å²) in [7, 11) is 0. The Bertz CT molecular complexity index is 846. The number of hydrogen-bond acceptors (Lipinski definition) is 6. The number of rotatable bonds is 5. The molecule has 2 fully saturated rings. The van der Waals surface area contributed by atoms with Gasteiger partial charge in [0.15, 0.2) is 5.13 Å². The standard InChI is InChI=1S/C23H33N5OS/c1-19-5-3-6-21(15-19)16-26-9-12-27(13-10-26)22(29)17-25-7-4-8-28(14-11-25)23-24-20(2)18-30-23/h3,5-6,15,18H,4,7-14,16-17H2,1-2H3. The van der Waals surface area contributed by atoms with E-state index in [1.165, 1.54) is 11.1 Å². The summed E-state index contributed by atoms with van der Waals surface area (Å²) in [6, 6.07) is 8.72. The zero-order valence-electron chi connectivity index (χ0n) is 18.2. The number of carbonyl (C=O) groups is 1. The van der Waals surface area contributed by atoms with Crippen molar-refractivity contribution in [1.29, 1.82) is 0 Å². The van der Waals surface area contributed by atoms with Crippen molar-refractivity contribution in [3.63, 3.8) is 0 Å². The highest BCUT2D eigenvalue weighted by Crippen LogP contribution is 2.21. The molecule has 2 aliphatic rings. The molecule has 2 saturated heterocycles. The molecule has 0 N–H and O–H groups in total. The third-order valence-electron chi connectivity index (χ3n) is 6.04. The number of benzene rings is 1. The first kappa shape index (κ1) is 21.3. The molecule has 0 spiro atoms. The van der Waals surface area contributed by atoms with Crippen molar-refractivity contribution in [2.75, 3.05) is 63.8 Å². The van der Waals surface area contributed by atoms with Crippen LogP contribution in [0.5, 0.6) is 0 Å². The molecule has 30 heavy (non-hydrogen) atoms. The van der Waals surface area contributed by atoms with E-state index in [1.807, 2.05) is 6.92 Å². The lowest BCUT2D eigenvalue weighted by atomic mass is 10.1. The number of hydrogen-bond donors (Lipinski definition) is 0. The predicted molar refractivity (Wildman–Crippen MR) is 123 cm³/mol. The molecule has 4 rings (SSSR count). The van der Waals surface area contributed by atoms with Gasteiger partial charge in [-0.3, -0.25) is 14.6 Å². The van der Waals surface area contributed by atoms with Gasteiger partial charge in [-0.05, 0) is 25.8 Å². The molecule has 0 atom stereocenters. The smallest absolute Gasteiger partial charge is 0.236 e. The van der Waals surface area contributed by atoms with E-state index in [4.69, 9.17) is 0 Å². The summed E-state index contributed by atoms with van der Waals surface area (Å²) >= 11 is 1.72. The van der Waals surface area contributed by atoms with Crippen LogP contribution < -0.4 is 4.90 Å². The third-order valence-corrected chi connectivity index (χ3v) is 7.06. The van der Waals surface area contributed by atoms with Gasteiger partial charge in [-0.25, -0.2) is 4.98 Å². The molecule has 2 aliphatic heterocycles. The van der Waals surface area contributed by atoms with Gasteiger partial charge in [-0.1, -0.05) is 29.8 Å². The molecular weight excluding hydrogens is 394 g/mol. The molecule has 0 aliphatic carbocycles. The van der Waals surface area contributed by atoms with Crippen molar-refractivity contribution in [1.82, 2.24) is 19.7 Å². The average Bonchev–Trinajstić information content (AvgIpc) is 3.03. The lowest BCUT2D eigenvalue weighted by Crippen LogP contribution is -2.51. The molecule has 1 amide bonds. The van der Waals surface area contributed by atoms with Crippen LogP contribution in [0.15, 0.2) is 29.6 Å². The Kier molecular flexibility index (Phi) is 7.02. The first-order chi connectivity index (χ1) is 14.6. The topological polar surface area (TPSA) is 42.9 Å². The first-order valence-electron chi connectivity index (χ1n) is 11.0. The Hall–Kier alpha value is -1.96. The number of piperazine rings is 1. The minimum Gasteiger partial charge on any atom is -0.347 e. The maximum atomic E-state index is 12.9. The predicted octanol–water partition coefficient (Wildman–Crippen LogP) is 2.62. The fourth-order valence-corrected chi connectivity index (χ4v) is 5.18. The van der Waals surface area contributed by atoms with Crippen LogP contribution in [0.2, 0.25) is 0 Å². The number of anilines is 1. The van der Waals surface area contributed by atoms with Gasteiger partial charge in [-0.15, -0.1) is 11.3 Å². The molecule has 1 aromatic carbocycles. The Balaban J connectivity index is 1.22. The Morgan fingerprint density at radius 3 is 2.53 bits per heavy atom. The molecular formula is C23H33N5OS. The largest absolute Gasteiger partial charge is 0.347 e. The summed E-state index contributed by atoms with van der Waals surface area (Å²) in [5.74, 6) is 0.281. The molecule has 0 bridgehead atoms. The number of thiazole rings is 1. The second kappa shape index (κ2) is 9.90. The quantitative estimate of drug-likeness (QED) is 0.734. The van der Waals surface area contributed by atoms with E-state index in [9.17, 15) is 4.79 Å². The normalized spacial score (nSPS) is 19.1. The van der Waals surface area contributed by atoms with Crippen LogP contribution in [0.4, 0.5) is 5.13 Å². The lowest BCUT2D eigenvalue weighted by Gasteiger charge is -2.35. The molecule has 0 radical (unpaired) electrons. The molecule has 7 heteroatoms. The van der Waals surface area contributed by atoms with E-state index in [1.54, 1.807) is 11.3 Å². The Morgan fingerprint density at radius 2 is 1.80 bits per heavy atom. The van der Waals surface area contributed by atoms with Crippen LogP contribution in [0.3, 0.4) is 0 Å². The summed E-state index contributed by atoms with van der Waals surface area (Å²) < 4.78 is 0. The summed E-state index contributed by atoms with van der Waals surface area (Å²) in [5, 5.41) is 3.23. The van der Waals surface area contributed by atoms with Crippen LogP contribution in [-0.4, -0.2) is 84.5 Å². The molecule has 162 valence electrons. The van der Waals surface area contributed by atoms with Crippen LogP contribution in [0.25, 0.3) is 0 Å². The highest BCUT2D eigenvalue weighted by molar-refractivity contribution is 7.13. The van der Waals surface area contributed by atoms with Crippen molar-refractivity contribution >= 4 is 22.4 Å². The third kappa shape index (κ3) is 5.59. The molecule has 3 heterocycles. The van der Waals surface area contributed by atoms with E-state index in [0.29, 0.717) is 6.54 Å². The minimum absolute atomic E-state index is 0.281. The number of amides is 1. The summed E-state index contributed by atoms with van der Waals surface area (Å²) in [6.45, 7) is 13.2. The van der Waals surface area contributed by atoms with Crippen LogP contribution in [0, 0.1) is 13.8 Å². The van der Waals surface area contributed by atoms with E-state index in [2.05, 4.69) is 61.2 Å². The fourth-order valence-electron chi connectivity index (χ4n) is 4.32. The van der Waals surface area contributed by atoms with Gasteiger partial charge < -0.3 is 9.80 Å². The maximum Gasteiger partial charge on any atom is 0.236 e. The molecule has 0 saturated carbocycles. The van der Waals surface area contributed by atoms with Crippen molar-refractivity contribution in [2.24, 2.45) is 0 Å². The summed E-state index contributed by atoms with van der Waals surface area (Å²) in [6.07, 6.45) is 1.08. The average molecular weight is 428 g/mol. The van der Waals surface area contributed by atoms with E-state index >= 15 is 0 Å². The highest BCUT2D eigenvalue weighted by atomic mass is 32.1. The monoisotopic (exact) mass is 427 g/mol. The summed E-state index contributed by atoms with van der Waals surface area (Å²) in [5.41, 5.74) is 3.76. The van der Waals surface area contributed by atoms with E-state index < -0.39 is 0 Å². The maximum absolute atomic E-state index is 12.9. The molecule has 2 aromatic rings. The zero-order valence-corrected chi connectivity index (χ0v) is 19.0. The molecule has 6 nitrogen and oxygen atoms in total. The van der Waals surface area contributed by atoms with E-state index in [-0.39, 0.29) is 5.91 Å². The SMILES string of the molecule is Cc1cccc(CN2CCN(C(=O)CN3CCCN(c4nc(C)cs4)CC3)CC2)c1. The zero-order chi connectivity index (χ0) is 20.9. The van der Waals surface area contributed by atoms with Crippen molar-refractivity contribution in [3.05, 3.63) is 46.5 Å². The Morgan fingerprint density at radius 1 is 1.00 bits per heavy atom. The van der Waals surface area contributed by atoms with Crippen molar-refractivity contribution < 1.29 is 4.79 Å². The lowest BCUT2D eigenvalue weighted by molar-refractivity contribution is -0.134. The molecule has 0 unspecified atom stereocenters. The van der Waals surface area contributed by atoms with Crippen LogP contribution >= 0.6 is 11.3 Å². The van der Waals surface area contributed by atoms with Crippen molar-refractivity contribution in [2.45, 2.75) is 26.8 Å². The molecule has 1 aromatic heterocycles. The van der Waals surface area contributed by atoms with E-state index in [0.717, 1.165) is 76.1 Å². The van der Waals surface area contributed by atoms with Crippen molar-refractivity contribution in [3.8, 4) is 0 Å². The fraction of sp³-hybridized carbons (Fsp3) is 0.565. The minimum atomic E-state index is 0.281. The second-order valence-electron chi connectivity index (χ2n) is 8.53. The van der Waals surface area contributed by atoms with Crippen LogP contribution in [-0.2, 0) is 11.3 Å². The van der Waals surface area contributed by atoms with Gasteiger partial charge in [0, 0.05) is 64.3 Å². The number of aromatic nitrogens is 1. The Labute approximate surface area is 184 Å². The number of aryl methyl sites for hydroxylation is 2. The highest BCUT2D eigenvalue weighted by Gasteiger charge is 2.24. The van der Waals surface area contributed by atoms with Gasteiger partial charge in [-0.2, -0.15) is 0 Å². The van der Waals surface area contributed by atoms with Crippen LogP contribution in [0.1, 0.15) is 23.2 Å². The number of carbonyl (C=O) groups excluding carboxylic acids is 1. The van der Waals surface area contributed by atoms with Gasteiger partial charge in [0.2, 0.25) is 5.91 Å². The second-order valence-corrected chi connectivity index (χ2v) is 9.37.